The van der Waals surface area contributed by atoms with Crippen LogP contribution in [0.2, 0.25) is 0 Å². The van der Waals surface area contributed by atoms with Crippen LogP contribution in [0.5, 0.6) is 5.75 Å². The summed E-state index contributed by atoms with van der Waals surface area (Å²) in [4.78, 5) is 0. The third-order valence-corrected chi connectivity index (χ3v) is 2.86. The number of nitrogens with two attached hydrogens (primary N) is 1. The molecular weight excluding hydrogens is 212 g/mol. The van der Waals surface area contributed by atoms with Crippen LogP contribution in [0.4, 0.5) is 0 Å². The molecule has 0 aliphatic rings. The number of likely N-dealkylation sites (N-methyl/N-ethyl adjacent to an activating group) is 1. The summed E-state index contributed by atoms with van der Waals surface area (Å²) in [5.74, 6) is 0.937. The van der Waals surface area contributed by atoms with Gasteiger partial charge in [-0.05, 0) is 31.2 Å². The highest BCUT2D eigenvalue weighted by atomic mass is 16.5. The van der Waals surface area contributed by atoms with Gasteiger partial charge in [-0.25, -0.2) is 0 Å². The average molecular weight is 236 g/mol. The van der Waals surface area contributed by atoms with Gasteiger partial charge in [0.1, 0.15) is 5.75 Å². The van der Waals surface area contributed by atoms with Gasteiger partial charge in [0.25, 0.3) is 0 Å². The minimum absolute atomic E-state index is 0.203. The van der Waals surface area contributed by atoms with E-state index in [1.54, 1.807) is 0 Å². The van der Waals surface area contributed by atoms with E-state index in [1.807, 2.05) is 19.2 Å². The van der Waals surface area contributed by atoms with Gasteiger partial charge in [0.15, 0.2) is 0 Å². The molecule has 3 heteroatoms. The molecule has 0 fully saturated rings. The Morgan fingerprint density at radius 1 is 1.35 bits per heavy atom. The first-order valence-corrected chi connectivity index (χ1v) is 6.42. The van der Waals surface area contributed by atoms with Gasteiger partial charge in [-0.2, -0.15) is 0 Å². The summed E-state index contributed by atoms with van der Waals surface area (Å²) < 4.78 is 5.72. The summed E-state index contributed by atoms with van der Waals surface area (Å²) >= 11 is 0. The van der Waals surface area contributed by atoms with Crippen molar-refractivity contribution >= 4 is 0 Å². The molecule has 0 amide bonds. The van der Waals surface area contributed by atoms with Gasteiger partial charge < -0.3 is 15.8 Å². The Labute approximate surface area is 104 Å². The Hall–Kier alpha value is -1.06. The lowest BCUT2D eigenvalue weighted by atomic mass is 10.1. The van der Waals surface area contributed by atoms with Gasteiger partial charge in [-0.15, -0.1) is 0 Å². The monoisotopic (exact) mass is 236 g/mol. The first-order valence-electron chi connectivity index (χ1n) is 6.42. The van der Waals surface area contributed by atoms with E-state index < -0.39 is 0 Å². The minimum Gasteiger partial charge on any atom is -0.494 e. The van der Waals surface area contributed by atoms with E-state index in [2.05, 4.69) is 24.4 Å². The molecule has 1 aromatic rings. The molecule has 3 N–H and O–H groups in total. The van der Waals surface area contributed by atoms with Crippen molar-refractivity contribution in [2.45, 2.75) is 32.2 Å². The van der Waals surface area contributed by atoms with Gasteiger partial charge in [0.2, 0.25) is 0 Å². The lowest BCUT2D eigenvalue weighted by Gasteiger charge is -2.15. The van der Waals surface area contributed by atoms with Crippen LogP contribution < -0.4 is 15.8 Å². The topological polar surface area (TPSA) is 47.3 Å². The number of hydrogen-bond acceptors (Lipinski definition) is 3. The third kappa shape index (κ3) is 4.75. The maximum atomic E-state index is 5.72. The van der Waals surface area contributed by atoms with Crippen LogP contribution in [0.25, 0.3) is 0 Å². The van der Waals surface area contributed by atoms with Crippen LogP contribution in [0.3, 0.4) is 0 Å². The fraction of sp³-hybridized carbons (Fsp3) is 0.571. The summed E-state index contributed by atoms with van der Waals surface area (Å²) in [6.45, 7) is 3.58. The molecule has 0 radical (unpaired) electrons. The van der Waals surface area contributed by atoms with E-state index in [1.165, 1.54) is 18.4 Å². The van der Waals surface area contributed by atoms with Crippen LogP contribution >= 0.6 is 0 Å². The smallest absolute Gasteiger partial charge is 0.119 e. The molecular formula is C14H24N2O. The zero-order chi connectivity index (χ0) is 12.5. The van der Waals surface area contributed by atoms with Crippen molar-refractivity contribution in [3.8, 4) is 5.75 Å². The van der Waals surface area contributed by atoms with Crippen LogP contribution in [0, 0.1) is 0 Å². The predicted octanol–water partition coefficient (Wildman–Crippen LogP) is 2.47. The molecule has 1 unspecified atom stereocenters. The first kappa shape index (κ1) is 14.0. The van der Waals surface area contributed by atoms with Gasteiger partial charge in [0, 0.05) is 12.6 Å². The molecule has 96 valence electrons. The van der Waals surface area contributed by atoms with E-state index in [9.17, 15) is 0 Å². The molecule has 0 bridgehead atoms. The number of ether oxygens (including phenoxy) is 1. The normalized spacial score (nSPS) is 12.4. The molecule has 0 heterocycles. The van der Waals surface area contributed by atoms with Gasteiger partial charge in [-0.3, -0.25) is 0 Å². The lowest BCUT2D eigenvalue weighted by molar-refractivity contribution is 0.305. The molecule has 3 nitrogen and oxygen atoms in total. The fourth-order valence-corrected chi connectivity index (χ4v) is 1.78. The molecule has 1 aromatic carbocycles. The Morgan fingerprint density at radius 2 is 2.18 bits per heavy atom. The van der Waals surface area contributed by atoms with Gasteiger partial charge in [-0.1, -0.05) is 31.9 Å². The van der Waals surface area contributed by atoms with Crippen LogP contribution in [-0.4, -0.2) is 20.2 Å². The maximum Gasteiger partial charge on any atom is 0.119 e. The van der Waals surface area contributed by atoms with Crippen LogP contribution in [0.15, 0.2) is 24.3 Å². The zero-order valence-corrected chi connectivity index (χ0v) is 10.9. The Balaban J connectivity index is 2.53. The average Bonchev–Trinajstić information content (AvgIpc) is 2.37. The third-order valence-electron chi connectivity index (χ3n) is 2.86. The lowest BCUT2D eigenvalue weighted by Crippen LogP contribution is -2.24. The van der Waals surface area contributed by atoms with E-state index in [0.717, 1.165) is 18.8 Å². The maximum absolute atomic E-state index is 5.72. The second-order valence-corrected chi connectivity index (χ2v) is 4.21. The Morgan fingerprint density at radius 3 is 2.82 bits per heavy atom. The summed E-state index contributed by atoms with van der Waals surface area (Å²) in [6, 6.07) is 8.37. The molecule has 0 saturated carbocycles. The summed E-state index contributed by atoms with van der Waals surface area (Å²) in [6.07, 6.45) is 3.56. The highest BCUT2D eigenvalue weighted by molar-refractivity contribution is 5.30. The fourth-order valence-electron chi connectivity index (χ4n) is 1.78. The number of nitrogens with one attached hydrogen (secondary N) is 1. The van der Waals surface area contributed by atoms with Crippen molar-refractivity contribution in [1.29, 1.82) is 0 Å². The minimum atomic E-state index is 0.203. The number of rotatable bonds is 8. The number of unbranched alkanes of at least 4 members (excludes halogenated alkanes) is 2. The molecule has 0 aromatic heterocycles. The predicted molar refractivity (Wildman–Crippen MR) is 72.3 cm³/mol. The molecule has 0 aliphatic heterocycles. The van der Waals surface area contributed by atoms with Crippen molar-refractivity contribution < 1.29 is 4.74 Å². The van der Waals surface area contributed by atoms with Crippen LogP contribution in [-0.2, 0) is 0 Å². The summed E-state index contributed by atoms with van der Waals surface area (Å²) in [5.41, 5.74) is 6.89. The standard InChI is InChI=1S/C14H24N2O/c1-3-4-5-9-17-13-8-6-7-12(10-13)14(11-15)16-2/h6-8,10,14,16H,3-5,9,11,15H2,1-2H3. The van der Waals surface area contributed by atoms with Crippen molar-refractivity contribution in [3.05, 3.63) is 29.8 Å². The second-order valence-electron chi connectivity index (χ2n) is 4.21. The first-order chi connectivity index (χ1) is 8.31. The zero-order valence-electron chi connectivity index (χ0n) is 10.9. The molecule has 0 saturated heterocycles. The molecule has 0 spiro atoms. The second kappa shape index (κ2) is 8.09. The van der Waals surface area contributed by atoms with Crippen molar-refractivity contribution in [2.75, 3.05) is 20.2 Å². The SMILES string of the molecule is CCCCCOc1cccc(C(CN)NC)c1. The Kier molecular flexibility index (Phi) is 6.67. The summed E-state index contributed by atoms with van der Waals surface area (Å²) in [5, 5.41) is 3.19. The van der Waals surface area contributed by atoms with Gasteiger partial charge >= 0.3 is 0 Å². The van der Waals surface area contributed by atoms with Gasteiger partial charge in [0.05, 0.1) is 6.61 Å². The molecule has 17 heavy (non-hydrogen) atoms. The number of hydrogen-bond donors (Lipinski definition) is 2. The summed E-state index contributed by atoms with van der Waals surface area (Å²) in [7, 11) is 1.92. The highest BCUT2D eigenvalue weighted by Gasteiger charge is 2.07. The largest absolute Gasteiger partial charge is 0.494 e. The van der Waals surface area contributed by atoms with E-state index in [-0.39, 0.29) is 6.04 Å². The molecule has 1 rings (SSSR count). The molecule has 1 atom stereocenters. The van der Waals surface area contributed by atoms with Crippen LogP contribution in [0.1, 0.15) is 37.8 Å². The van der Waals surface area contributed by atoms with E-state index in [0.29, 0.717) is 6.54 Å². The quantitative estimate of drug-likeness (QED) is 0.682. The van der Waals surface area contributed by atoms with Crippen molar-refractivity contribution in [1.82, 2.24) is 5.32 Å². The Bertz CT molecular complexity index is 311. The van der Waals surface area contributed by atoms with Crippen molar-refractivity contribution in [3.63, 3.8) is 0 Å². The van der Waals surface area contributed by atoms with E-state index >= 15 is 0 Å². The number of benzene rings is 1. The van der Waals surface area contributed by atoms with E-state index in [4.69, 9.17) is 10.5 Å². The molecule has 0 aliphatic carbocycles. The van der Waals surface area contributed by atoms with Crippen molar-refractivity contribution in [2.24, 2.45) is 5.73 Å². The highest BCUT2D eigenvalue weighted by Crippen LogP contribution is 2.18.